The molecule has 3 N–H and O–H groups in total. The number of nitro groups is 1. The maximum Gasteiger partial charge on any atom is 0.270 e. The molecule has 0 aliphatic heterocycles. The van der Waals surface area contributed by atoms with Gasteiger partial charge in [0.2, 0.25) is 10.0 Å². The van der Waals surface area contributed by atoms with Crippen LogP contribution in [0.15, 0.2) is 34.2 Å². The van der Waals surface area contributed by atoms with Crippen molar-refractivity contribution in [2.24, 2.45) is 10.9 Å². The summed E-state index contributed by atoms with van der Waals surface area (Å²) < 4.78 is 26.7. The molecular weight excluding hydrogens is 334 g/mol. The molecule has 0 atom stereocenters. The number of sulfonamides is 1. The minimum Gasteiger partial charge on any atom is -0.356 e. The first-order valence-electron chi connectivity index (χ1n) is 7.61. The van der Waals surface area contributed by atoms with Crippen molar-refractivity contribution in [1.82, 2.24) is 15.4 Å². The normalized spacial score (nSPS) is 15.1. The van der Waals surface area contributed by atoms with Crippen LogP contribution in [0.3, 0.4) is 0 Å². The summed E-state index contributed by atoms with van der Waals surface area (Å²) in [5.74, 6) is 1.33. The standard InChI is InChI=1S/C14H21N5O4S/c1-15-14(17-10-11-5-6-11)16-7-8-18-24(22,23)13-4-2-3-12(9-13)19(20)21/h2-4,9,11,18H,5-8,10H2,1H3,(H2,15,16,17). The number of rotatable bonds is 8. The van der Waals surface area contributed by atoms with E-state index in [4.69, 9.17) is 0 Å². The first kappa shape index (κ1) is 18.1. The van der Waals surface area contributed by atoms with Crippen molar-refractivity contribution < 1.29 is 13.3 Å². The van der Waals surface area contributed by atoms with Gasteiger partial charge in [-0.25, -0.2) is 13.1 Å². The fourth-order valence-corrected chi connectivity index (χ4v) is 3.07. The first-order chi connectivity index (χ1) is 11.4. The molecule has 1 aromatic carbocycles. The molecule has 0 heterocycles. The lowest BCUT2D eigenvalue weighted by molar-refractivity contribution is -0.385. The van der Waals surface area contributed by atoms with Crippen LogP contribution in [0.5, 0.6) is 0 Å². The summed E-state index contributed by atoms with van der Waals surface area (Å²) in [6, 6.07) is 4.94. The topological polar surface area (TPSA) is 126 Å². The summed E-state index contributed by atoms with van der Waals surface area (Å²) in [7, 11) is -2.14. The fraction of sp³-hybridized carbons (Fsp3) is 0.500. The van der Waals surface area contributed by atoms with Gasteiger partial charge in [-0.05, 0) is 24.8 Å². The summed E-state index contributed by atoms with van der Waals surface area (Å²) >= 11 is 0. The molecule has 9 nitrogen and oxygen atoms in total. The smallest absolute Gasteiger partial charge is 0.270 e. The van der Waals surface area contributed by atoms with Gasteiger partial charge in [0.1, 0.15) is 0 Å². The van der Waals surface area contributed by atoms with E-state index in [1.807, 2.05) is 0 Å². The van der Waals surface area contributed by atoms with Gasteiger partial charge in [-0.15, -0.1) is 0 Å². The van der Waals surface area contributed by atoms with Gasteiger partial charge in [-0.2, -0.15) is 0 Å². The fourth-order valence-electron chi connectivity index (χ4n) is 2.00. The number of aliphatic imine (C=N–C) groups is 1. The monoisotopic (exact) mass is 355 g/mol. The van der Waals surface area contributed by atoms with Gasteiger partial charge in [-0.3, -0.25) is 15.1 Å². The molecule has 1 aromatic rings. The van der Waals surface area contributed by atoms with Crippen LogP contribution in [0.25, 0.3) is 0 Å². The molecule has 0 bridgehead atoms. The van der Waals surface area contributed by atoms with E-state index in [1.165, 1.54) is 31.0 Å². The molecular formula is C14H21N5O4S. The Kier molecular flexibility index (Phi) is 6.10. The predicted octanol–water partition coefficient (Wildman–Crippen LogP) is 0.448. The van der Waals surface area contributed by atoms with Crippen molar-refractivity contribution in [3.63, 3.8) is 0 Å². The Hall–Kier alpha value is -2.20. The number of nitrogens with zero attached hydrogens (tertiary/aromatic N) is 2. The van der Waals surface area contributed by atoms with E-state index in [9.17, 15) is 18.5 Å². The van der Waals surface area contributed by atoms with Crippen molar-refractivity contribution in [3.8, 4) is 0 Å². The van der Waals surface area contributed by atoms with Crippen molar-refractivity contribution >= 4 is 21.7 Å². The van der Waals surface area contributed by atoms with E-state index in [0.717, 1.165) is 12.6 Å². The highest BCUT2D eigenvalue weighted by Crippen LogP contribution is 2.27. The Bertz CT molecular complexity index is 716. The van der Waals surface area contributed by atoms with Crippen LogP contribution in [0.4, 0.5) is 5.69 Å². The lowest BCUT2D eigenvalue weighted by Gasteiger charge is -2.12. The molecule has 132 valence electrons. The average molecular weight is 355 g/mol. The predicted molar refractivity (Wildman–Crippen MR) is 90.4 cm³/mol. The van der Waals surface area contributed by atoms with Crippen LogP contribution >= 0.6 is 0 Å². The second kappa shape index (κ2) is 8.06. The lowest BCUT2D eigenvalue weighted by atomic mass is 10.3. The number of hydrogen-bond acceptors (Lipinski definition) is 5. The molecule has 1 aliphatic carbocycles. The van der Waals surface area contributed by atoms with Crippen molar-refractivity contribution in [2.45, 2.75) is 17.7 Å². The van der Waals surface area contributed by atoms with E-state index in [-0.39, 0.29) is 17.1 Å². The van der Waals surface area contributed by atoms with Crippen LogP contribution in [-0.4, -0.2) is 46.0 Å². The third kappa shape index (κ3) is 5.46. The molecule has 0 radical (unpaired) electrons. The Morgan fingerprint density at radius 1 is 1.33 bits per heavy atom. The van der Waals surface area contributed by atoms with Crippen molar-refractivity contribution in [3.05, 3.63) is 34.4 Å². The minimum atomic E-state index is -3.79. The molecule has 0 aromatic heterocycles. The van der Waals surface area contributed by atoms with Crippen molar-refractivity contribution in [1.29, 1.82) is 0 Å². The van der Waals surface area contributed by atoms with E-state index in [2.05, 4.69) is 20.3 Å². The molecule has 1 fully saturated rings. The average Bonchev–Trinajstić information content (AvgIpc) is 3.38. The third-order valence-corrected chi connectivity index (χ3v) is 4.99. The number of nitro benzene ring substituents is 1. The third-order valence-electron chi connectivity index (χ3n) is 3.53. The zero-order chi connectivity index (χ0) is 17.6. The second-order valence-electron chi connectivity index (χ2n) is 5.48. The van der Waals surface area contributed by atoms with Crippen LogP contribution in [0.1, 0.15) is 12.8 Å². The van der Waals surface area contributed by atoms with E-state index in [0.29, 0.717) is 18.4 Å². The molecule has 0 saturated heterocycles. The van der Waals surface area contributed by atoms with Gasteiger partial charge >= 0.3 is 0 Å². The van der Waals surface area contributed by atoms with Crippen LogP contribution in [0.2, 0.25) is 0 Å². The summed E-state index contributed by atoms with van der Waals surface area (Å²) in [4.78, 5) is 14.0. The highest BCUT2D eigenvalue weighted by atomic mass is 32.2. The first-order valence-corrected chi connectivity index (χ1v) is 9.09. The Balaban J connectivity index is 1.81. The van der Waals surface area contributed by atoms with Gasteiger partial charge in [0.05, 0.1) is 9.82 Å². The summed E-state index contributed by atoms with van der Waals surface area (Å²) in [6.07, 6.45) is 2.46. The van der Waals surface area contributed by atoms with Crippen LogP contribution < -0.4 is 15.4 Å². The van der Waals surface area contributed by atoms with Gasteiger partial charge in [-0.1, -0.05) is 6.07 Å². The van der Waals surface area contributed by atoms with Crippen molar-refractivity contribution in [2.75, 3.05) is 26.7 Å². The highest BCUT2D eigenvalue weighted by Gasteiger charge is 2.21. The molecule has 2 rings (SSSR count). The molecule has 10 heteroatoms. The minimum absolute atomic E-state index is 0.132. The molecule has 1 saturated carbocycles. The highest BCUT2D eigenvalue weighted by molar-refractivity contribution is 7.89. The summed E-state index contributed by atoms with van der Waals surface area (Å²) in [6.45, 7) is 1.34. The van der Waals surface area contributed by atoms with E-state index in [1.54, 1.807) is 7.05 Å². The van der Waals surface area contributed by atoms with Gasteiger partial charge in [0.25, 0.3) is 5.69 Å². The zero-order valence-corrected chi connectivity index (χ0v) is 14.2. The largest absolute Gasteiger partial charge is 0.356 e. The SMILES string of the molecule is CN=C(NCCNS(=O)(=O)c1cccc([N+](=O)[O-])c1)NCC1CC1. The number of nitrogens with one attached hydrogen (secondary N) is 3. The maximum absolute atomic E-state index is 12.1. The van der Waals surface area contributed by atoms with Gasteiger partial charge in [0, 0.05) is 38.8 Å². The Labute approximate surface area is 140 Å². The van der Waals surface area contributed by atoms with E-state index < -0.39 is 14.9 Å². The maximum atomic E-state index is 12.1. The molecule has 0 amide bonds. The Morgan fingerprint density at radius 2 is 2.08 bits per heavy atom. The number of hydrogen-bond donors (Lipinski definition) is 3. The lowest BCUT2D eigenvalue weighted by Crippen LogP contribution is -2.42. The van der Waals surface area contributed by atoms with Crippen LogP contribution in [-0.2, 0) is 10.0 Å². The Morgan fingerprint density at radius 3 is 2.71 bits per heavy atom. The zero-order valence-electron chi connectivity index (χ0n) is 13.4. The molecule has 0 spiro atoms. The summed E-state index contributed by atoms with van der Waals surface area (Å²) in [5, 5.41) is 16.9. The van der Waals surface area contributed by atoms with Gasteiger partial charge < -0.3 is 10.6 Å². The van der Waals surface area contributed by atoms with Gasteiger partial charge in [0.15, 0.2) is 5.96 Å². The van der Waals surface area contributed by atoms with Crippen LogP contribution in [0, 0.1) is 16.0 Å². The summed E-state index contributed by atoms with van der Waals surface area (Å²) in [5.41, 5.74) is -0.263. The molecule has 1 aliphatic rings. The number of benzene rings is 1. The quantitative estimate of drug-likeness (QED) is 0.204. The molecule has 24 heavy (non-hydrogen) atoms. The number of non-ortho nitro benzene ring substituents is 1. The van der Waals surface area contributed by atoms with E-state index >= 15 is 0 Å². The number of guanidine groups is 1. The second-order valence-corrected chi connectivity index (χ2v) is 7.24. The molecule has 0 unspecified atom stereocenters.